The highest BCUT2D eigenvalue weighted by Crippen LogP contribution is 2.50. The van der Waals surface area contributed by atoms with Gasteiger partial charge in [-0.05, 0) is 74.0 Å². The van der Waals surface area contributed by atoms with Crippen LogP contribution in [-0.4, -0.2) is 15.0 Å². The first-order valence-electron chi connectivity index (χ1n) is 22.2. The molecule has 0 saturated heterocycles. The van der Waals surface area contributed by atoms with E-state index in [-0.39, 0.29) is 0 Å². The van der Waals surface area contributed by atoms with E-state index in [0.717, 1.165) is 70.6 Å². The number of fused-ring (bicyclic) bond motifs is 7. The van der Waals surface area contributed by atoms with Crippen LogP contribution < -0.4 is 0 Å². The van der Waals surface area contributed by atoms with Gasteiger partial charge in [-0.1, -0.05) is 200 Å². The Hall–Kier alpha value is -8.09. The maximum atomic E-state index is 5.70. The van der Waals surface area contributed by atoms with Gasteiger partial charge in [0.1, 0.15) is 0 Å². The average Bonchev–Trinajstić information content (AvgIpc) is 3.97. The van der Waals surface area contributed by atoms with Crippen LogP contribution in [0.4, 0.5) is 0 Å². The third-order valence-corrected chi connectivity index (χ3v) is 15.2. The molecule has 5 heteroatoms. The molecule has 13 rings (SSSR count). The van der Waals surface area contributed by atoms with Crippen LogP contribution in [0.2, 0.25) is 0 Å². The van der Waals surface area contributed by atoms with Gasteiger partial charge in [-0.3, -0.25) is 0 Å². The maximum Gasteiger partial charge on any atom is 0.165 e. The van der Waals surface area contributed by atoms with Crippen molar-refractivity contribution in [3.8, 4) is 78.7 Å². The zero-order valence-electron chi connectivity index (χ0n) is 35.5. The van der Waals surface area contributed by atoms with Gasteiger partial charge in [-0.25, -0.2) is 15.0 Å². The molecular weight excluding hydrogens is 839 g/mol. The summed E-state index contributed by atoms with van der Waals surface area (Å²) < 4.78 is 4.78. The lowest BCUT2D eigenvalue weighted by Crippen LogP contribution is -2.04. The lowest BCUT2D eigenvalue weighted by atomic mass is 9.82. The molecule has 3 nitrogen and oxygen atoms in total. The molecule has 66 heavy (non-hydrogen) atoms. The van der Waals surface area contributed by atoms with Crippen LogP contribution in [0.5, 0.6) is 0 Å². The molecule has 10 aromatic carbocycles. The van der Waals surface area contributed by atoms with Gasteiger partial charge in [0, 0.05) is 62.6 Å². The largest absolute Gasteiger partial charge is 0.208 e. The molecule has 0 bridgehead atoms. The molecule has 0 unspecified atom stereocenters. The van der Waals surface area contributed by atoms with Crippen LogP contribution in [0.15, 0.2) is 224 Å². The molecule has 3 aromatic heterocycles. The summed E-state index contributed by atoms with van der Waals surface area (Å²) in [7, 11) is 0. The highest BCUT2D eigenvalue weighted by Gasteiger charge is 2.27. The summed E-state index contributed by atoms with van der Waals surface area (Å²) in [4.78, 5) is 16.9. The van der Waals surface area contributed by atoms with E-state index in [0.29, 0.717) is 17.5 Å². The van der Waals surface area contributed by atoms with E-state index < -0.39 is 0 Å². The second-order valence-corrected chi connectivity index (χ2v) is 18.7. The van der Waals surface area contributed by atoms with E-state index >= 15 is 0 Å². The minimum Gasteiger partial charge on any atom is -0.208 e. The molecule has 3 heterocycles. The monoisotopic (exact) mass is 875 g/mol. The highest BCUT2D eigenvalue weighted by atomic mass is 32.1. The molecule has 0 aliphatic rings. The van der Waals surface area contributed by atoms with Gasteiger partial charge in [0.15, 0.2) is 17.5 Å². The fourth-order valence-electron chi connectivity index (χ4n) is 9.80. The molecule has 0 spiro atoms. The van der Waals surface area contributed by atoms with Crippen molar-refractivity contribution in [2.75, 3.05) is 0 Å². The van der Waals surface area contributed by atoms with Gasteiger partial charge in [-0.15, -0.1) is 22.7 Å². The number of hydrogen-bond donors (Lipinski definition) is 0. The zero-order chi connectivity index (χ0) is 43.6. The van der Waals surface area contributed by atoms with Crippen LogP contribution in [0.25, 0.3) is 130 Å². The van der Waals surface area contributed by atoms with Crippen molar-refractivity contribution in [2.24, 2.45) is 0 Å². The van der Waals surface area contributed by atoms with Crippen LogP contribution in [0.1, 0.15) is 0 Å². The van der Waals surface area contributed by atoms with Crippen molar-refractivity contribution in [1.82, 2.24) is 15.0 Å². The maximum absolute atomic E-state index is 5.70. The summed E-state index contributed by atoms with van der Waals surface area (Å²) in [5, 5.41) is 7.23. The van der Waals surface area contributed by atoms with Crippen molar-refractivity contribution < 1.29 is 0 Å². The molecular formula is C61H37N3S2. The quantitative estimate of drug-likeness (QED) is 0.160. The molecule has 0 radical (unpaired) electrons. The second kappa shape index (κ2) is 15.9. The summed E-state index contributed by atoms with van der Waals surface area (Å²) in [5.41, 5.74) is 11.7. The number of nitrogens with zero attached hydrogens (tertiary/aromatic N) is 3. The molecule has 0 fully saturated rings. The Balaban J connectivity index is 1.20. The lowest BCUT2D eigenvalue weighted by Gasteiger charge is -2.23. The summed E-state index contributed by atoms with van der Waals surface area (Å²) in [6.07, 6.45) is 0. The molecule has 0 aliphatic carbocycles. The standard InChI is InChI=1S/C61H37N3S2/c1-3-18-38(19-4-1)42-25-9-10-28-47(42)55-48(44-29-15-23-39-22-7-8-24-41(39)44)37-36-43(40-20-5-2-6-21-40)56(55)61-63-59(51-32-16-30-49-45-26-11-13-34-53(45)65-57(49)51)62-60(64-61)52-33-17-31-50-46-27-12-14-35-54(46)66-58(50)52/h1-37H. The van der Waals surface area contributed by atoms with Gasteiger partial charge in [0.2, 0.25) is 0 Å². The Kier molecular flexibility index (Phi) is 9.22. The van der Waals surface area contributed by atoms with E-state index in [4.69, 9.17) is 15.0 Å². The van der Waals surface area contributed by atoms with Crippen LogP contribution >= 0.6 is 22.7 Å². The Morgan fingerprint density at radius 3 is 1.30 bits per heavy atom. The number of thiophene rings is 2. The first-order chi connectivity index (χ1) is 32.7. The van der Waals surface area contributed by atoms with Gasteiger partial charge in [-0.2, -0.15) is 0 Å². The predicted molar refractivity (Wildman–Crippen MR) is 281 cm³/mol. The Morgan fingerprint density at radius 2 is 0.667 bits per heavy atom. The molecule has 13 aromatic rings. The zero-order valence-corrected chi connectivity index (χ0v) is 37.2. The Morgan fingerprint density at radius 1 is 0.242 bits per heavy atom. The van der Waals surface area contributed by atoms with E-state index in [1.165, 1.54) is 41.7 Å². The number of rotatable bonds is 7. The predicted octanol–water partition coefficient (Wildman–Crippen LogP) is 17.4. The summed E-state index contributed by atoms with van der Waals surface area (Å²) >= 11 is 3.59. The van der Waals surface area contributed by atoms with Crippen molar-refractivity contribution >= 4 is 73.8 Å². The van der Waals surface area contributed by atoms with E-state index in [9.17, 15) is 0 Å². The summed E-state index contributed by atoms with van der Waals surface area (Å²) in [6, 6.07) is 80.5. The number of aromatic nitrogens is 3. The van der Waals surface area contributed by atoms with Gasteiger partial charge < -0.3 is 0 Å². The smallest absolute Gasteiger partial charge is 0.165 e. The average molecular weight is 876 g/mol. The molecule has 0 saturated carbocycles. The van der Waals surface area contributed by atoms with Crippen molar-refractivity contribution in [1.29, 1.82) is 0 Å². The SMILES string of the molecule is c1ccc(-c2ccccc2-c2c(-c3cccc4ccccc34)ccc(-c3ccccc3)c2-c2nc(-c3cccc4c3sc3ccccc34)nc(-c3cccc4c3sc3ccccc34)n2)cc1. The van der Waals surface area contributed by atoms with Crippen LogP contribution in [-0.2, 0) is 0 Å². The summed E-state index contributed by atoms with van der Waals surface area (Å²) in [5.74, 6) is 1.90. The van der Waals surface area contributed by atoms with Crippen molar-refractivity contribution in [3.05, 3.63) is 224 Å². The van der Waals surface area contributed by atoms with Gasteiger partial charge >= 0.3 is 0 Å². The molecule has 0 aliphatic heterocycles. The van der Waals surface area contributed by atoms with Gasteiger partial charge in [0.05, 0.1) is 0 Å². The normalized spacial score (nSPS) is 11.6. The second-order valence-electron chi connectivity index (χ2n) is 16.6. The third kappa shape index (κ3) is 6.35. The Bertz CT molecular complexity index is 3860. The molecule has 0 amide bonds. The number of benzene rings is 10. The number of hydrogen-bond acceptors (Lipinski definition) is 5. The van der Waals surface area contributed by atoms with Crippen LogP contribution in [0, 0.1) is 0 Å². The van der Waals surface area contributed by atoms with Crippen LogP contribution in [0.3, 0.4) is 0 Å². The highest BCUT2D eigenvalue weighted by molar-refractivity contribution is 7.26. The minimum atomic E-state index is 0.616. The van der Waals surface area contributed by atoms with E-state index in [1.54, 1.807) is 22.7 Å². The lowest BCUT2D eigenvalue weighted by molar-refractivity contribution is 1.08. The third-order valence-electron chi connectivity index (χ3n) is 12.8. The first kappa shape index (κ1) is 38.4. The van der Waals surface area contributed by atoms with Crippen molar-refractivity contribution in [3.63, 3.8) is 0 Å². The minimum absolute atomic E-state index is 0.616. The Labute approximate surface area is 389 Å². The topological polar surface area (TPSA) is 38.7 Å². The molecule has 308 valence electrons. The van der Waals surface area contributed by atoms with Crippen molar-refractivity contribution in [2.45, 2.75) is 0 Å². The molecule has 0 atom stereocenters. The summed E-state index contributed by atoms with van der Waals surface area (Å²) in [6.45, 7) is 0. The molecule has 0 N–H and O–H groups in total. The fourth-order valence-corrected chi connectivity index (χ4v) is 12.2. The fraction of sp³-hybridized carbons (Fsp3) is 0. The van der Waals surface area contributed by atoms with E-state index in [2.05, 4.69) is 224 Å². The van der Waals surface area contributed by atoms with Gasteiger partial charge in [0.25, 0.3) is 0 Å². The van der Waals surface area contributed by atoms with E-state index in [1.807, 2.05) is 0 Å². The first-order valence-corrected chi connectivity index (χ1v) is 23.8.